The van der Waals surface area contributed by atoms with Crippen LogP contribution in [0.3, 0.4) is 0 Å². The van der Waals surface area contributed by atoms with Crippen molar-refractivity contribution in [3.63, 3.8) is 0 Å². The molecule has 0 fully saturated rings. The number of aliphatic imine (C=N–C) groups is 1. The molecule has 0 N–H and O–H groups in total. The molecular formula is C14H17N. The van der Waals surface area contributed by atoms with Crippen LogP contribution in [0, 0.1) is 5.92 Å². The molecular weight excluding hydrogens is 182 g/mol. The Balaban J connectivity index is 2.24. The molecule has 0 saturated carbocycles. The van der Waals surface area contributed by atoms with Gasteiger partial charge in [-0.2, -0.15) is 0 Å². The fourth-order valence-electron chi connectivity index (χ4n) is 1.77. The molecule has 0 bridgehead atoms. The quantitative estimate of drug-likeness (QED) is 0.609. The van der Waals surface area contributed by atoms with Gasteiger partial charge >= 0.3 is 0 Å². The van der Waals surface area contributed by atoms with Crippen molar-refractivity contribution >= 4 is 6.21 Å². The van der Waals surface area contributed by atoms with Crippen molar-refractivity contribution in [3.8, 4) is 0 Å². The summed E-state index contributed by atoms with van der Waals surface area (Å²) < 4.78 is 0. The summed E-state index contributed by atoms with van der Waals surface area (Å²) in [5, 5.41) is 0. The van der Waals surface area contributed by atoms with Crippen LogP contribution in [-0.4, -0.2) is 6.21 Å². The molecule has 0 amide bonds. The zero-order valence-corrected chi connectivity index (χ0v) is 9.40. The van der Waals surface area contributed by atoms with E-state index in [0.717, 1.165) is 18.5 Å². The van der Waals surface area contributed by atoms with Crippen LogP contribution in [-0.2, 0) is 0 Å². The predicted molar refractivity (Wildman–Crippen MR) is 66.0 cm³/mol. The van der Waals surface area contributed by atoms with Gasteiger partial charge in [-0.05, 0) is 31.3 Å². The minimum Gasteiger partial charge on any atom is -0.261 e. The lowest BCUT2D eigenvalue weighted by atomic mass is 10.0. The van der Waals surface area contributed by atoms with Gasteiger partial charge < -0.3 is 0 Å². The standard InChI is InChI=1S/C14H17N/c1-11-5-3-4-6-13(9-11)14-8-7-12(2)10-15-14/h3-4,6,8-10,12H,5,7H2,1-2H3. The van der Waals surface area contributed by atoms with Crippen molar-refractivity contribution in [1.29, 1.82) is 0 Å². The average molecular weight is 199 g/mol. The van der Waals surface area contributed by atoms with Crippen molar-refractivity contribution in [2.45, 2.75) is 26.7 Å². The third-order valence-electron chi connectivity index (χ3n) is 2.70. The first kappa shape index (κ1) is 10.2. The van der Waals surface area contributed by atoms with Gasteiger partial charge in [0, 0.05) is 6.21 Å². The minimum atomic E-state index is 0.584. The monoisotopic (exact) mass is 199 g/mol. The summed E-state index contributed by atoms with van der Waals surface area (Å²) in [4.78, 5) is 4.50. The molecule has 1 aliphatic carbocycles. The van der Waals surface area contributed by atoms with Gasteiger partial charge in [-0.3, -0.25) is 4.99 Å². The third-order valence-corrected chi connectivity index (χ3v) is 2.70. The van der Waals surface area contributed by atoms with Crippen LogP contribution in [0.2, 0.25) is 0 Å². The van der Waals surface area contributed by atoms with Crippen LogP contribution < -0.4 is 0 Å². The van der Waals surface area contributed by atoms with E-state index >= 15 is 0 Å². The highest BCUT2D eigenvalue weighted by atomic mass is 14.7. The second kappa shape index (κ2) is 4.43. The van der Waals surface area contributed by atoms with E-state index in [0.29, 0.717) is 5.92 Å². The highest BCUT2D eigenvalue weighted by Gasteiger charge is 2.08. The van der Waals surface area contributed by atoms with Gasteiger partial charge in [-0.15, -0.1) is 0 Å². The van der Waals surface area contributed by atoms with Crippen LogP contribution in [0.15, 0.2) is 52.2 Å². The number of hydrogen-bond acceptors (Lipinski definition) is 1. The molecule has 2 aliphatic rings. The zero-order chi connectivity index (χ0) is 10.7. The molecule has 1 aliphatic heterocycles. The van der Waals surface area contributed by atoms with Crippen LogP contribution >= 0.6 is 0 Å². The summed E-state index contributed by atoms with van der Waals surface area (Å²) in [6.07, 6.45) is 15.1. The van der Waals surface area contributed by atoms with Gasteiger partial charge in [0.25, 0.3) is 0 Å². The Kier molecular flexibility index (Phi) is 3.00. The second-order valence-electron chi connectivity index (χ2n) is 4.33. The first-order valence-electron chi connectivity index (χ1n) is 5.54. The van der Waals surface area contributed by atoms with Crippen LogP contribution in [0.1, 0.15) is 26.7 Å². The third kappa shape index (κ3) is 2.56. The van der Waals surface area contributed by atoms with E-state index in [1.807, 2.05) is 6.21 Å². The summed E-state index contributed by atoms with van der Waals surface area (Å²) in [5.74, 6) is 0.584. The topological polar surface area (TPSA) is 12.4 Å². The SMILES string of the molecule is CC1=CC(C2=CCC(C)C=N2)=CC=CC1. The fourth-order valence-corrected chi connectivity index (χ4v) is 1.77. The van der Waals surface area contributed by atoms with E-state index in [4.69, 9.17) is 0 Å². The van der Waals surface area contributed by atoms with Crippen LogP contribution in [0.4, 0.5) is 0 Å². The van der Waals surface area contributed by atoms with Crippen molar-refractivity contribution < 1.29 is 0 Å². The maximum atomic E-state index is 4.50. The van der Waals surface area contributed by atoms with Crippen molar-refractivity contribution in [3.05, 3.63) is 47.2 Å². The molecule has 2 rings (SSSR count). The minimum absolute atomic E-state index is 0.584. The van der Waals surface area contributed by atoms with E-state index in [1.165, 1.54) is 11.1 Å². The molecule has 0 aromatic rings. The number of hydrogen-bond donors (Lipinski definition) is 0. The lowest BCUT2D eigenvalue weighted by Crippen LogP contribution is -2.01. The summed E-state index contributed by atoms with van der Waals surface area (Å²) >= 11 is 0. The number of rotatable bonds is 1. The Labute approximate surface area is 91.6 Å². The molecule has 0 aromatic carbocycles. The Morgan fingerprint density at radius 1 is 1.40 bits per heavy atom. The molecule has 0 saturated heterocycles. The fraction of sp³-hybridized carbons (Fsp3) is 0.357. The summed E-state index contributed by atoms with van der Waals surface area (Å²) in [6.45, 7) is 4.36. The van der Waals surface area contributed by atoms with E-state index in [-0.39, 0.29) is 0 Å². The predicted octanol–water partition coefficient (Wildman–Crippen LogP) is 3.81. The normalized spacial score (nSPS) is 25.5. The number of allylic oxidation sites excluding steroid dienone is 6. The van der Waals surface area contributed by atoms with Gasteiger partial charge in [0.05, 0.1) is 5.70 Å². The van der Waals surface area contributed by atoms with Gasteiger partial charge in [0.2, 0.25) is 0 Å². The smallest absolute Gasteiger partial charge is 0.0658 e. The number of nitrogens with zero attached hydrogens (tertiary/aromatic N) is 1. The average Bonchev–Trinajstić information content (AvgIpc) is 2.44. The van der Waals surface area contributed by atoms with Crippen molar-refractivity contribution in [2.24, 2.45) is 10.9 Å². The Bertz CT molecular complexity index is 392. The maximum absolute atomic E-state index is 4.50. The molecule has 1 unspecified atom stereocenters. The molecule has 0 radical (unpaired) electrons. The van der Waals surface area contributed by atoms with Crippen molar-refractivity contribution in [1.82, 2.24) is 0 Å². The van der Waals surface area contributed by atoms with E-state index < -0.39 is 0 Å². The van der Waals surface area contributed by atoms with E-state index in [1.54, 1.807) is 0 Å². The summed E-state index contributed by atoms with van der Waals surface area (Å²) in [6, 6.07) is 0. The highest BCUT2D eigenvalue weighted by molar-refractivity contribution is 5.66. The van der Waals surface area contributed by atoms with Crippen LogP contribution in [0.25, 0.3) is 0 Å². The van der Waals surface area contributed by atoms with Gasteiger partial charge in [0.1, 0.15) is 0 Å². The Hall–Kier alpha value is -1.37. The molecule has 78 valence electrons. The largest absolute Gasteiger partial charge is 0.261 e. The Morgan fingerprint density at radius 2 is 2.27 bits per heavy atom. The molecule has 15 heavy (non-hydrogen) atoms. The van der Waals surface area contributed by atoms with Crippen LogP contribution in [0.5, 0.6) is 0 Å². The lowest BCUT2D eigenvalue weighted by molar-refractivity contribution is 0.788. The first-order valence-corrected chi connectivity index (χ1v) is 5.54. The van der Waals surface area contributed by atoms with Gasteiger partial charge in [0.15, 0.2) is 0 Å². The molecule has 1 heterocycles. The maximum Gasteiger partial charge on any atom is 0.0658 e. The highest BCUT2D eigenvalue weighted by Crippen LogP contribution is 2.23. The lowest BCUT2D eigenvalue weighted by Gasteiger charge is -2.11. The first-order chi connectivity index (χ1) is 7.25. The summed E-state index contributed by atoms with van der Waals surface area (Å²) in [7, 11) is 0. The second-order valence-corrected chi connectivity index (χ2v) is 4.33. The van der Waals surface area contributed by atoms with Gasteiger partial charge in [-0.25, -0.2) is 0 Å². The van der Waals surface area contributed by atoms with E-state index in [9.17, 15) is 0 Å². The molecule has 0 aromatic heterocycles. The van der Waals surface area contributed by atoms with Gasteiger partial charge in [-0.1, -0.05) is 42.9 Å². The molecule has 1 nitrogen and oxygen atoms in total. The molecule has 1 heteroatoms. The van der Waals surface area contributed by atoms with Crippen molar-refractivity contribution in [2.75, 3.05) is 0 Å². The Morgan fingerprint density at radius 3 is 3.00 bits per heavy atom. The summed E-state index contributed by atoms with van der Waals surface area (Å²) in [5.41, 5.74) is 3.76. The molecule has 1 atom stereocenters. The molecule has 0 spiro atoms. The van der Waals surface area contributed by atoms with E-state index in [2.05, 4.69) is 49.2 Å². The zero-order valence-electron chi connectivity index (χ0n) is 9.40.